The molecule has 1 unspecified atom stereocenters. The first-order valence-corrected chi connectivity index (χ1v) is 8.68. The van der Waals surface area contributed by atoms with Crippen LogP contribution in [0.3, 0.4) is 0 Å². The second-order valence-corrected chi connectivity index (χ2v) is 7.15. The highest BCUT2D eigenvalue weighted by atomic mass is 35.5. The molecule has 108 valence electrons. The van der Waals surface area contributed by atoms with Crippen LogP contribution in [0.2, 0.25) is 5.02 Å². The molecule has 1 aliphatic carbocycles. The molecule has 1 aromatic rings. The van der Waals surface area contributed by atoms with Gasteiger partial charge in [-0.25, -0.2) is 0 Å². The summed E-state index contributed by atoms with van der Waals surface area (Å²) in [5.74, 6) is 7.43. The lowest BCUT2D eigenvalue weighted by Crippen LogP contribution is -2.43. The van der Waals surface area contributed by atoms with E-state index in [0.29, 0.717) is 12.0 Å². The predicted octanol–water partition coefficient (Wildman–Crippen LogP) is 4.38. The van der Waals surface area contributed by atoms with Crippen LogP contribution in [0.15, 0.2) is 11.4 Å². The lowest BCUT2D eigenvalue weighted by Gasteiger charge is -2.33. The Morgan fingerprint density at radius 3 is 2.68 bits per heavy atom. The van der Waals surface area contributed by atoms with Crippen molar-refractivity contribution in [3.8, 4) is 0 Å². The van der Waals surface area contributed by atoms with E-state index in [-0.39, 0.29) is 0 Å². The van der Waals surface area contributed by atoms with Gasteiger partial charge in [0, 0.05) is 17.3 Å². The zero-order chi connectivity index (χ0) is 13.7. The van der Waals surface area contributed by atoms with E-state index in [9.17, 15) is 0 Å². The third-order valence-corrected chi connectivity index (χ3v) is 5.88. The summed E-state index contributed by atoms with van der Waals surface area (Å²) in [7, 11) is 0. The molecule has 2 nitrogen and oxygen atoms in total. The average Bonchev–Trinajstić information content (AvgIpc) is 2.83. The van der Waals surface area contributed by atoms with Crippen molar-refractivity contribution in [1.82, 2.24) is 5.43 Å². The zero-order valence-electron chi connectivity index (χ0n) is 11.7. The summed E-state index contributed by atoms with van der Waals surface area (Å²) in [6, 6.07) is 2.35. The maximum absolute atomic E-state index is 6.19. The van der Waals surface area contributed by atoms with Crippen molar-refractivity contribution in [2.24, 2.45) is 17.7 Å². The van der Waals surface area contributed by atoms with Gasteiger partial charge in [-0.3, -0.25) is 11.3 Å². The van der Waals surface area contributed by atoms with Gasteiger partial charge in [0.2, 0.25) is 0 Å². The van der Waals surface area contributed by atoms with Gasteiger partial charge in [0.15, 0.2) is 0 Å². The lowest BCUT2D eigenvalue weighted by atomic mass is 9.76. The molecule has 3 N–H and O–H groups in total. The number of hydrogen-bond acceptors (Lipinski definition) is 3. The van der Waals surface area contributed by atoms with Crippen LogP contribution < -0.4 is 11.3 Å². The van der Waals surface area contributed by atoms with Crippen LogP contribution in [0.25, 0.3) is 0 Å². The minimum absolute atomic E-state index is 0.374. The monoisotopic (exact) mass is 300 g/mol. The summed E-state index contributed by atoms with van der Waals surface area (Å²) < 4.78 is 0. The van der Waals surface area contributed by atoms with Gasteiger partial charge < -0.3 is 0 Å². The van der Waals surface area contributed by atoms with Gasteiger partial charge in [0.25, 0.3) is 0 Å². The second kappa shape index (κ2) is 7.63. The van der Waals surface area contributed by atoms with Crippen LogP contribution in [-0.2, 0) is 6.42 Å². The Morgan fingerprint density at radius 2 is 2.16 bits per heavy atom. The first kappa shape index (κ1) is 15.3. The third kappa shape index (κ3) is 4.19. The highest BCUT2D eigenvalue weighted by molar-refractivity contribution is 7.10. The van der Waals surface area contributed by atoms with Crippen molar-refractivity contribution < 1.29 is 0 Å². The normalized spacial score (nSPS) is 25.4. The minimum Gasteiger partial charge on any atom is -0.271 e. The number of thiophene rings is 1. The molecule has 0 aliphatic heterocycles. The van der Waals surface area contributed by atoms with Crippen molar-refractivity contribution in [3.63, 3.8) is 0 Å². The summed E-state index contributed by atoms with van der Waals surface area (Å²) in [6.45, 7) is 2.29. The van der Waals surface area contributed by atoms with E-state index in [2.05, 4.69) is 17.7 Å². The topological polar surface area (TPSA) is 38.0 Å². The molecule has 0 bridgehead atoms. The zero-order valence-corrected chi connectivity index (χ0v) is 13.3. The van der Waals surface area contributed by atoms with E-state index >= 15 is 0 Å². The summed E-state index contributed by atoms with van der Waals surface area (Å²) in [6.07, 6.45) is 9.04. The van der Waals surface area contributed by atoms with Crippen LogP contribution in [-0.4, -0.2) is 6.04 Å². The molecule has 1 fully saturated rings. The summed E-state index contributed by atoms with van der Waals surface area (Å²) in [4.78, 5) is 1.26. The lowest BCUT2D eigenvalue weighted by molar-refractivity contribution is 0.213. The molecule has 0 radical (unpaired) electrons. The second-order valence-electron chi connectivity index (χ2n) is 5.74. The molecule has 1 aromatic heterocycles. The molecule has 0 spiro atoms. The van der Waals surface area contributed by atoms with Crippen molar-refractivity contribution in [2.75, 3.05) is 0 Å². The quantitative estimate of drug-likeness (QED) is 0.604. The summed E-state index contributed by atoms with van der Waals surface area (Å²) in [5, 5.41) is 2.95. The van der Waals surface area contributed by atoms with Gasteiger partial charge in [0.1, 0.15) is 0 Å². The van der Waals surface area contributed by atoms with Gasteiger partial charge in [0.05, 0.1) is 5.02 Å². The van der Waals surface area contributed by atoms with Gasteiger partial charge in [-0.2, -0.15) is 0 Å². The maximum atomic E-state index is 6.19. The molecule has 4 heteroatoms. The minimum atomic E-state index is 0.374. The fraction of sp³-hybridized carbons (Fsp3) is 0.733. The van der Waals surface area contributed by atoms with Gasteiger partial charge >= 0.3 is 0 Å². The van der Waals surface area contributed by atoms with Crippen molar-refractivity contribution >= 4 is 22.9 Å². The SMILES string of the molecule is CCCC1CCC(C(Cc2sccc2Cl)NN)CC1. The molecule has 1 saturated carbocycles. The van der Waals surface area contributed by atoms with E-state index in [0.717, 1.165) is 17.4 Å². The highest BCUT2D eigenvalue weighted by Crippen LogP contribution is 2.35. The van der Waals surface area contributed by atoms with Gasteiger partial charge in [-0.15, -0.1) is 11.3 Å². The first-order valence-electron chi connectivity index (χ1n) is 7.42. The van der Waals surface area contributed by atoms with E-state index in [1.165, 1.54) is 43.4 Å². The molecule has 1 aliphatic rings. The Bertz CT molecular complexity index is 372. The molecule has 0 saturated heterocycles. The maximum Gasteiger partial charge on any atom is 0.0545 e. The molecule has 0 aromatic carbocycles. The van der Waals surface area contributed by atoms with Crippen LogP contribution in [0, 0.1) is 11.8 Å². The molecule has 0 amide bonds. The largest absolute Gasteiger partial charge is 0.271 e. The average molecular weight is 301 g/mol. The van der Waals surface area contributed by atoms with E-state index in [1.54, 1.807) is 11.3 Å². The van der Waals surface area contributed by atoms with Crippen LogP contribution in [0.5, 0.6) is 0 Å². The molecule has 1 heterocycles. The smallest absolute Gasteiger partial charge is 0.0545 e. The fourth-order valence-electron chi connectivity index (χ4n) is 3.32. The number of hydrazine groups is 1. The molecular weight excluding hydrogens is 276 g/mol. The first-order chi connectivity index (χ1) is 9.24. The molecule has 1 atom stereocenters. The van der Waals surface area contributed by atoms with Crippen LogP contribution in [0.1, 0.15) is 50.3 Å². The summed E-state index contributed by atoms with van der Waals surface area (Å²) >= 11 is 7.92. The van der Waals surface area contributed by atoms with E-state index in [1.807, 2.05) is 6.07 Å². The Hall–Kier alpha value is -0.0900. The molecule has 19 heavy (non-hydrogen) atoms. The predicted molar refractivity (Wildman–Crippen MR) is 84.5 cm³/mol. The molecule has 2 rings (SSSR count). The van der Waals surface area contributed by atoms with Crippen molar-refractivity contribution in [2.45, 2.75) is 57.9 Å². The van der Waals surface area contributed by atoms with Gasteiger partial charge in [-0.1, -0.05) is 44.2 Å². The fourth-order valence-corrected chi connectivity index (χ4v) is 4.49. The Morgan fingerprint density at radius 1 is 1.42 bits per heavy atom. The van der Waals surface area contributed by atoms with Crippen molar-refractivity contribution in [1.29, 1.82) is 0 Å². The molecular formula is C15H25ClN2S. The van der Waals surface area contributed by atoms with Crippen LogP contribution >= 0.6 is 22.9 Å². The Labute approximate surface area is 125 Å². The Kier molecular flexibility index (Phi) is 6.14. The summed E-state index contributed by atoms with van der Waals surface area (Å²) in [5.41, 5.74) is 3.03. The number of halogens is 1. The third-order valence-electron chi connectivity index (χ3n) is 4.47. The van der Waals surface area contributed by atoms with E-state index < -0.39 is 0 Å². The Balaban J connectivity index is 1.87. The van der Waals surface area contributed by atoms with Crippen molar-refractivity contribution in [3.05, 3.63) is 21.3 Å². The number of nitrogens with two attached hydrogens (primary N) is 1. The standard InChI is InChI=1S/C15H25ClN2S/c1-2-3-11-4-6-12(7-5-11)14(18-17)10-15-13(16)8-9-19-15/h8-9,11-12,14,18H,2-7,10,17H2,1H3. The van der Waals surface area contributed by atoms with E-state index in [4.69, 9.17) is 17.4 Å². The van der Waals surface area contributed by atoms with Gasteiger partial charge in [-0.05, 0) is 36.1 Å². The number of nitrogens with one attached hydrogen (secondary N) is 1. The number of rotatable bonds is 6. The highest BCUT2D eigenvalue weighted by Gasteiger charge is 2.27. The van der Waals surface area contributed by atoms with Crippen LogP contribution in [0.4, 0.5) is 0 Å². The number of hydrogen-bond donors (Lipinski definition) is 2.